The molecule has 1 aromatic rings. The molecule has 1 atom stereocenters. The number of amides is 1. The van der Waals surface area contributed by atoms with Gasteiger partial charge in [-0.1, -0.05) is 18.3 Å². The normalized spacial score (nSPS) is 22.4. The van der Waals surface area contributed by atoms with Crippen LogP contribution >= 0.6 is 11.3 Å². The molecule has 1 amide bonds. The number of rotatable bonds is 4. The highest BCUT2D eigenvalue weighted by Crippen LogP contribution is 2.30. The van der Waals surface area contributed by atoms with E-state index in [9.17, 15) is 9.90 Å². The maximum atomic E-state index is 12.6. The average Bonchev–Trinajstić information content (AvgIpc) is 2.79. The molecule has 1 unspecified atom stereocenters. The van der Waals surface area contributed by atoms with Crippen LogP contribution in [0, 0.1) is 0 Å². The van der Waals surface area contributed by atoms with E-state index in [0.717, 1.165) is 30.9 Å². The van der Waals surface area contributed by atoms with Gasteiger partial charge in [-0.15, -0.1) is 0 Å². The van der Waals surface area contributed by atoms with Gasteiger partial charge in [0, 0.05) is 26.7 Å². The van der Waals surface area contributed by atoms with Crippen molar-refractivity contribution in [3.05, 3.63) is 4.88 Å². The summed E-state index contributed by atoms with van der Waals surface area (Å²) in [5.41, 5.74) is 5.10. The molecular formula is C14H24N4O2S. The van der Waals surface area contributed by atoms with E-state index < -0.39 is 5.60 Å². The zero-order chi connectivity index (χ0) is 15.6. The molecule has 0 radical (unpaired) electrons. The van der Waals surface area contributed by atoms with Gasteiger partial charge in [0.05, 0.1) is 5.60 Å². The molecule has 21 heavy (non-hydrogen) atoms. The molecule has 0 aromatic carbocycles. The molecule has 0 saturated carbocycles. The summed E-state index contributed by atoms with van der Waals surface area (Å²) in [7, 11) is 1.95. The highest BCUT2D eigenvalue weighted by atomic mass is 32.1. The number of nitrogens with zero attached hydrogens (tertiary/aromatic N) is 3. The van der Waals surface area contributed by atoms with Crippen LogP contribution in [0.2, 0.25) is 0 Å². The predicted octanol–water partition coefficient (Wildman–Crippen LogP) is 1.56. The van der Waals surface area contributed by atoms with Gasteiger partial charge in [-0.2, -0.15) is 0 Å². The molecule has 1 aliphatic heterocycles. The summed E-state index contributed by atoms with van der Waals surface area (Å²) in [6, 6.07) is 0. The predicted molar refractivity (Wildman–Crippen MR) is 85.8 cm³/mol. The van der Waals surface area contributed by atoms with Crippen LogP contribution in [0.5, 0.6) is 0 Å². The van der Waals surface area contributed by atoms with E-state index in [1.54, 1.807) is 11.8 Å². The number of nitrogen functional groups attached to an aromatic ring is 1. The van der Waals surface area contributed by atoms with Crippen molar-refractivity contribution < 1.29 is 9.90 Å². The van der Waals surface area contributed by atoms with Gasteiger partial charge in [0.1, 0.15) is 10.7 Å². The Morgan fingerprint density at radius 3 is 2.95 bits per heavy atom. The Morgan fingerprint density at radius 2 is 2.33 bits per heavy atom. The second-order valence-corrected chi connectivity index (χ2v) is 6.94. The summed E-state index contributed by atoms with van der Waals surface area (Å²) in [6.07, 6.45) is 2.54. The Hall–Kier alpha value is -1.34. The van der Waals surface area contributed by atoms with Crippen molar-refractivity contribution in [1.82, 2.24) is 9.88 Å². The minimum atomic E-state index is -0.810. The number of hydrogen-bond donors (Lipinski definition) is 2. The molecular weight excluding hydrogens is 288 g/mol. The second-order valence-electron chi connectivity index (χ2n) is 5.96. The molecule has 2 rings (SSSR count). The standard InChI is InChI=1S/C14H24N4O2S/c1-4-7-17(3)13-16-11(15)10(21-13)12(19)18-8-5-6-14(2,20)9-18/h20H,4-9,15H2,1-3H3. The lowest BCUT2D eigenvalue weighted by molar-refractivity contribution is -0.0105. The number of anilines is 2. The van der Waals surface area contributed by atoms with Crippen LogP contribution in [0.25, 0.3) is 0 Å². The van der Waals surface area contributed by atoms with Crippen LogP contribution in [-0.4, -0.2) is 53.2 Å². The maximum Gasteiger partial charge on any atom is 0.267 e. The van der Waals surface area contributed by atoms with Crippen molar-refractivity contribution in [2.45, 2.75) is 38.7 Å². The number of aliphatic hydroxyl groups is 1. The fourth-order valence-corrected chi connectivity index (χ4v) is 3.55. The molecule has 118 valence electrons. The van der Waals surface area contributed by atoms with Crippen LogP contribution in [0.4, 0.5) is 10.9 Å². The maximum absolute atomic E-state index is 12.6. The van der Waals surface area contributed by atoms with E-state index in [1.807, 2.05) is 11.9 Å². The molecule has 0 bridgehead atoms. The van der Waals surface area contributed by atoms with Crippen molar-refractivity contribution in [3.8, 4) is 0 Å². The molecule has 7 heteroatoms. The summed E-state index contributed by atoms with van der Waals surface area (Å²) in [5, 5.41) is 10.9. The SMILES string of the molecule is CCCN(C)c1nc(N)c(C(=O)N2CCCC(C)(O)C2)s1. The number of aromatic nitrogens is 1. The minimum absolute atomic E-state index is 0.124. The second kappa shape index (κ2) is 6.19. The van der Waals surface area contributed by atoms with Crippen molar-refractivity contribution >= 4 is 28.2 Å². The number of hydrogen-bond acceptors (Lipinski definition) is 6. The third-order valence-corrected chi connectivity index (χ3v) is 4.86. The van der Waals surface area contributed by atoms with Crippen molar-refractivity contribution in [1.29, 1.82) is 0 Å². The van der Waals surface area contributed by atoms with Crippen molar-refractivity contribution in [2.75, 3.05) is 37.3 Å². The smallest absolute Gasteiger partial charge is 0.267 e. The number of piperidine rings is 1. The van der Waals surface area contributed by atoms with E-state index in [4.69, 9.17) is 5.73 Å². The van der Waals surface area contributed by atoms with E-state index >= 15 is 0 Å². The first kappa shape index (κ1) is 16.0. The fourth-order valence-electron chi connectivity index (χ4n) is 2.60. The van der Waals surface area contributed by atoms with Gasteiger partial charge in [0.2, 0.25) is 0 Å². The summed E-state index contributed by atoms with van der Waals surface area (Å²) < 4.78 is 0. The van der Waals surface area contributed by atoms with Gasteiger partial charge in [0.25, 0.3) is 5.91 Å². The number of carbonyl (C=O) groups is 1. The summed E-state index contributed by atoms with van der Waals surface area (Å²) in [4.78, 5) is 21.0. The highest BCUT2D eigenvalue weighted by Gasteiger charge is 2.33. The molecule has 1 fully saturated rings. The van der Waals surface area contributed by atoms with E-state index in [1.165, 1.54) is 11.3 Å². The zero-order valence-electron chi connectivity index (χ0n) is 12.9. The molecule has 1 saturated heterocycles. The lowest BCUT2D eigenvalue weighted by Crippen LogP contribution is -2.48. The van der Waals surface area contributed by atoms with Crippen LogP contribution in [0.15, 0.2) is 0 Å². The summed E-state index contributed by atoms with van der Waals surface area (Å²) >= 11 is 1.33. The Labute approximate surface area is 129 Å². The highest BCUT2D eigenvalue weighted by molar-refractivity contribution is 7.18. The zero-order valence-corrected chi connectivity index (χ0v) is 13.7. The lowest BCUT2D eigenvalue weighted by Gasteiger charge is -2.36. The lowest BCUT2D eigenvalue weighted by atomic mass is 9.95. The first-order valence-electron chi connectivity index (χ1n) is 7.33. The Morgan fingerprint density at radius 1 is 1.62 bits per heavy atom. The van der Waals surface area contributed by atoms with Gasteiger partial charge < -0.3 is 20.6 Å². The molecule has 1 aromatic heterocycles. The Balaban J connectivity index is 2.16. The van der Waals surface area contributed by atoms with Gasteiger partial charge in [-0.05, 0) is 26.2 Å². The van der Waals surface area contributed by atoms with Gasteiger partial charge in [-0.3, -0.25) is 4.79 Å². The largest absolute Gasteiger partial charge is 0.388 e. The minimum Gasteiger partial charge on any atom is -0.388 e. The molecule has 0 aliphatic carbocycles. The summed E-state index contributed by atoms with van der Waals surface area (Å²) in [6.45, 7) is 5.74. The van der Waals surface area contributed by atoms with Crippen molar-refractivity contribution in [3.63, 3.8) is 0 Å². The first-order valence-corrected chi connectivity index (χ1v) is 8.15. The number of β-amino-alcohol motifs (C(OH)–C–C–N with tert-alkyl or cyclic N) is 1. The van der Waals surface area contributed by atoms with Gasteiger partial charge in [0.15, 0.2) is 5.13 Å². The van der Waals surface area contributed by atoms with Gasteiger partial charge >= 0.3 is 0 Å². The molecule has 2 heterocycles. The molecule has 1 aliphatic rings. The third kappa shape index (κ3) is 3.65. The van der Waals surface area contributed by atoms with Crippen LogP contribution in [0.1, 0.15) is 42.8 Å². The molecule has 0 spiro atoms. The number of thiazole rings is 1. The fraction of sp³-hybridized carbons (Fsp3) is 0.714. The number of likely N-dealkylation sites (tertiary alicyclic amines) is 1. The van der Waals surface area contributed by atoms with Crippen LogP contribution in [0.3, 0.4) is 0 Å². The number of carbonyl (C=O) groups excluding carboxylic acids is 1. The molecule has 6 nitrogen and oxygen atoms in total. The summed E-state index contributed by atoms with van der Waals surface area (Å²) in [5.74, 6) is 0.161. The third-order valence-electron chi connectivity index (χ3n) is 3.68. The Kier molecular flexibility index (Phi) is 4.73. The monoisotopic (exact) mass is 312 g/mol. The molecule has 3 N–H and O–H groups in total. The van der Waals surface area contributed by atoms with E-state index in [0.29, 0.717) is 18.0 Å². The van der Waals surface area contributed by atoms with E-state index in [-0.39, 0.29) is 11.7 Å². The first-order chi connectivity index (χ1) is 9.84. The van der Waals surface area contributed by atoms with Crippen LogP contribution < -0.4 is 10.6 Å². The average molecular weight is 312 g/mol. The van der Waals surface area contributed by atoms with E-state index in [2.05, 4.69) is 11.9 Å². The topological polar surface area (TPSA) is 82.7 Å². The van der Waals surface area contributed by atoms with Crippen LogP contribution in [-0.2, 0) is 0 Å². The number of nitrogens with two attached hydrogens (primary N) is 1. The Bertz CT molecular complexity index is 515. The quantitative estimate of drug-likeness (QED) is 0.881. The van der Waals surface area contributed by atoms with Gasteiger partial charge in [-0.25, -0.2) is 4.98 Å². The van der Waals surface area contributed by atoms with Crippen molar-refractivity contribution in [2.24, 2.45) is 0 Å².